The van der Waals surface area contributed by atoms with Gasteiger partial charge in [-0.2, -0.15) is 17.0 Å². The van der Waals surface area contributed by atoms with Gasteiger partial charge in [-0.3, -0.25) is 0 Å². The van der Waals surface area contributed by atoms with Crippen LogP contribution >= 0.6 is 11.8 Å². The molecule has 0 radical (unpaired) electrons. The molecule has 1 saturated carbocycles. The maximum absolute atomic E-state index is 9.47. The van der Waals surface area contributed by atoms with Crippen LogP contribution in [0, 0.1) is 28.6 Å². The van der Waals surface area contributed by atoms with Crippen LogP contribution in [-0.2, 0) is 0 Å². The Kier molecular flexibility index (Phi) is 5.86. The van der Waals surface area contributed by atoms with E-state index in [1.807, 2.05) is 11.8 Å². The maximum atomic E-state index is 9.47. The summed E-state index contributed by atoms with van der Waals surface area (Å²) in [6, 6.07) is 2.64. The van der Waals surface area contributed by atoms with Gasteiger partial charge in [0, 0.05) is 0 Å². The smallest absolute Gasteiger partial charge is 0.0690 e. The zero-order valence-electron chi connectivity index (χ0n) is 11.8. The highest BCUT2D eigenvalue weighted by Crippen LogP contribution is 2.43. The summed E-state index contributed by atoms with van der Waals surface area (Å²) in [5, 5.41) is 10.2. The van der Waals surface area contributed by atoms with Crippen LogP contribution in [0.1, 0.15) is 59.8 Å². The molecular formula is C15H27NS. The highest BCUT2D eigenvalue weighted by molar-refractivity contribution is 7.99. The minimum atomic E-state index is 0.00722. The first-order chi connectivity index (χ1) is 7.99. The first kappa shape index (κ1) is 14.9. The number of hydrogen-bond acceptors (Lipinski definition) is 2. The molecule has 1 nitrogen and oxygen atoms in total. The number of rotatable bonds is 5. The molecular weight excluding hydrogens is 226 g/mol. The predicted molar refractivity (Wildman–Crippen MR) is 77.1 cm³/mol. The van der Waals surface area contributed by atoms with Crippen molar-refractivity contribution in [1.29, 1.82) is 5.26 Å². The molecule has 0 aromatic heterocycles. The first-order valence-electron chi connectivity index (χ1n) is 7.02. The van der Waals surface area contributed by atoms with Gasteiger partial charge in [0.25, 0.3) is 0 Å². The lowest BCUT2D eigenvalue weighted by molar-refractivity contribution is 0.172. The van der Waals surface area contributed by atoms with E-state index in [4.69, 9.17) is 0 Å². The number of hydrogen-bond donors (Lipinski definition) is 0. The van der Waals surface area contributed by atoms with E-state index >= 15 is 0 Å². The maximum Gasteiger partial charge on any atom is 0.0690 e. The minimum Gasteiger partial charge on any atom is -0.198 e. The minimum absolute atomic E-state index is 0.00722. The highest BCUT2D eigenvalue weighted by Gasteiger charge is 2.35. The summed E-state index contributed by atoms with van der Waals surface area (Å²) in [6.45, 7) is 9.11. The molecule has 98 valence electrons. The van der Waals surface area contributed by atoms with Crippen molar-refractivity contribution < 1.29 is 0 Å². The van der Waals surface area contributed by atoms with E-state index in [2.05, 4.69) is 33.8 Å². The van der Waals surface area contributed by atoms with Crippen molar-refractivity contribution in [2.45, 2.75) is 65.0 Å². The van der Waals surface area contributed by atoms with E-state index in [0.717, 1.165) is 36.9 Å². The zero-order valence-corrected chi connectivity index (χ0v) is 12.6. The lowest BCUT2D eigenvalue weighted by Crippen LogP contribution is -2.28. The summed E-state index contributed by atoms with van der Waals surface area (Å²) in [6.07, 6.45) is 5.88. The lowest BCUT2D eigenvalue weighted by Gasteiger charge is -2.36. The molecule has 0 spiro atoms. The van der Waals surface area contributed by atoms with Crippen molar-refractivity contribution in [3.05, 3.63) is 0 Å². The summed E-state index contributed by atoms with van der Waals surface area (Å²) in [5.74, 6) is 2.79. The molecule has 17 heavy (non-hydrogen) atoms. The zero-order chi connectivity index (χ0) is 12.9. The van der Waals surface area contributed by atoms with Gasteiger partial charge in [-0.15, -0.1) is 0 Å². The van der Waals surface area contributed by atoms with Gasteiger partial charge < -0.3 is 0 Å². The van der Waals surface area contributed by atoms with Crippen LogP contribution in [0.5, 0.6) is 0 Å². The molecule has 1 aliphatic rings. The Labute approximate surface area is 111 Å². The standard InChI is InChI=1S/C15H27NS/c1-12(2)14-5-7-15(11-16,8-6-14)9-10-17-13(3)4/h12-14H,5-10H2,1-4H3. The highest BCUT2D eigenvalue weighted by atomic mass is 32.2. The van der Waals surface area contributed by atoms with Crippen molar-refractivity contribution in [2.24, 2.45) is 17.3 Å². The third-order valence-electron chi connectivity index (χ3n) is 4.20. The SMILES string of the molecule is CC(C)SCCC1(C#N)CCC(C(C)C)CC1. The van der Waals surface area contributed by atoms with Crippen LogP contribution in [-0.4, -0.2) is 11.0 Å². The van der Waals surface area contributed by atoms with Crippen molar-refractivity contribution in [3.8, 4) is 6.07 Å². The largest absolute Gasteiger partial charge is 0.198 e. The fourth-order valence-corrected chi connectivity index (χ4v) is 3.75. The van der Waals surface area contributed by atoms with Gasteiger partial charge in [0.15, 0.2) is 0 Å². The van der Waals surface area contributed by atoms with E-state index in [1.54, 1.807) is 0 Å². The molecule has 1 fully saturated rings. The van der Waals surface area contributed by atoms with Gasteiger partial charge in [0.2, 0.25) is 0 Å². The van der Waals surface area contributed by atoms with Gasteiger partial charge in [-0.05, 0) is 54.9 Å². The molecule has 1 rings (SSSR count). The summed E-state index contributed by atoms with van der Waals surface area (Å²) in [5.41, 5.74) is 0.00722. The van der Waals surface area contributed by atoms with Crippen molar-refractivity contribution in [1.82, 2.24) is 0 Å². The summed E-state index contributed by atoms with van der Waals surface area (Å²) in [4.78, 5) is 0. The van der Waals surface area contributed by atoms with Gasteiger partial charge >= 0.3 is 0 Å². The Morgan fingerprint density at radius 2 is 1.82 bits per heavy atom. The molecule has 0 aromatic carbocycles. The van der Waals surface area contributed by atoms with Gasteiger partial charge in [-0.1, -0.05) is 27.7 Å². The average Bonchev–Trinajstić information content (AvgIpc) is 2.29. The van der Waals surface area contributed by atoms with Crippen LogP contribution in [0.2, 0.25) is 0 Å². The second-order valence-corrected chi connectivity index (χ2v) is 7.83. The van der Waals surface area contributed by atoms with E-state index in [9.17, 15) is 5.26 Å². The van der Waals surface area contributed by atoms with E-state index in [1.165, 1.54) is 12.8 Å². The third kappa shape index (κ3) is 4.54. The normalized spacial score (nSPS) is 29.6. The van der Waals surface area contributed by atoms with E-state index in [-0.39, 0.29) is 5.41 Å². The Bertz CT molecular complexity index is 251. The molecule has 0 N–H and O–H groups in total. The Morgan fingerprint density at radius 1 is 1.24 bits per heavy atom. The third-order valence-corrected chi connectivity index (χ3v) is 5.31. The molecule has 2 heteroatoms. The molecule has 0 atom stereocenters. The molecule has 0 aromatic rings. The molecule has 1 aliphatic carbocycles. The summed E-state index contributed by atoms with van der Waals surface area (Å²) < 4.78 is 0. The van der Waals surface area contributed by atoms with Crippen LogP contribution in [0.25, 0.3) is 0 Å². The fourth-order valence-electron chi connectivity index (χ4n) is 2.77. The van der Waals surface area contributed by atoms with Crippen LogP contribution in [0.4, 0.5) is 0 Å². The summed E-state index contributed by atoms with van der Waals surface area (Å²) in [7, 11) is 0. The molecule has 0 bridgehead atoms. The van der Waals surface area contributed by atoms with Crippen molar-refractivity contribution >= 4 is 11.8 Å². The molecule has 0 unspecified atom stereocenters. The second-order valence-electron chi connectivity index (χ2n) is 6.14. The Balaban J connectivity index is 2.42. The van der Waals surface area contributed by atoms with Crippen molar-refractivity contribution in [2.75, 3.05) is 5.75 Å². The number of thioether (sulfide) groups is 1. The lowest BCUT2D eigenvalue weighted by atomic mass is 9.67. The number of nitrogens with zero attached hydrogens (tertiary/aromatic N) is 1. The van der Waals surface area contributed by atoms with Gasteiger partial charge in [0.05, 0.1) is 11.5 Å². The molecule has 0 amide bonds. The van der Waals surface area contributed by atoms with Crippen LogP contribution in [0.15, 0.2) is 0 Å². The van der Waals surface area contributed by atoms with Gasteiger partial charge in [0.1, 0.15) is 0 Å². The van der Waals surface area contributed by atoms with E-state index in [0.29, 0.717) is 5.25 Å². The quantitative estimate of drug-likeness (QED) is 0.697. The van der Waals surface area contributed by atoms with Gasteiger partial charge in [-0.25, -0.2) is 0 Å². The average molecular weight is 253 g/mol. The summed E-state index contributed by atoms with van der Waals surface area (Å²) >= 11 is 1.99. The Hall–Kier alpha value is -0.160. The van der Waals surface area contributed by atoms with E-state index < -0.39 is 0 Å². The van der Waals surface area contributed by atoms with Crippen LogP contribution < -0.4 is 0 Å². The molecule has 0 heterocycles. The molecule has 0 aliphatic heterocycles. The monoisotopic (exact) mass is 253 g/mol. The van der Waals surface area contributed by atoms with Crippen LogP contribution in [0.3, 0.4) is 0 Å². The Morgan fingerprint density at radius 3 is 2.24 bits per heavy atom. The second kappa shape index (κ2) is 6.69. The first-order valence-corrected chi connectivity index (χ1v) is 8.07. The van der Waals surface area contributed by atoms with Crippen molar-refractivity contribution in [3.63, 3.8) is 0 Å². The fraction of sp³-hybridized carbons (Fsp3) is 0.933. The topological polar surface area (TPSA) is 23.8 Å². The predicted octanol–water partition coefficient (Wildman–Crippen LogP) is 4.87. The number of nitriles is 1. The molecule has 0 saturated heterocycles.